The molecular weight excluding hydrogens is 288 g/mol. The second-order valence-electron chi connectivity index (χ2n) is 5.34. The van der Waals surface area contributed by atoms with Gasteiger partial charge in [-0.2, -0.15) is 0 Å². The zero-order valence-corrected chi connectivity index (χ0v) is 12.0. The van der Waals surface area contributed by atoms with Crippen molar-refractivity contribution in [3.63, 3.8) is 0 Å². The van der Waals surface area contributed by atoms with E-state index in [1.165, 1.54) is 24.3 Å². The summed E-state index contributed by atoms with van der Waals surface area (Å²) in [5, 5.41) is 0. The molecule has 0 spiro atoms. The molecule has 2 atom stereocenters. The van der Waals surface area contributed by atoms with E-state index in [-0.39, 0.29) is 36.7 Å². The lowest BCUT2D eigenvalue weighted by Gasteiger charge is -2.22. The molecule has 0 saturated heterocycles. The minimum atomic E-state index is -0.401. The van der Waals surface area contributed by atoms with E-state index in [0.29, 0.717) is 12.8 Å². The molecule has 118 valence electrons. The number of nitrogens with two attached hydrogens (primary N) is 2. The maximum Gasteiger partial charge on any atom is 0.253 e. The topological polar surface area (TPSA) is 127 Å². The molecule has 0 aromatic rings. The molecule has 2 aliphatic heterocycles. The fourth-order valence-corrected chi connectivity index (χ4v) is 2.30. The lowest BCUT2D eigenvalue weighted by atomic mass is 10.1. The number of amides is 4. The number of nitrogens with zero attached hydrogens (tertiary/aromatic N) is 2. The highest BCUT2D eigenvalue weighted by Crippen LogP contribution is 2.09. The van der Waals surface area contributed by atoms with Crippen LogP contribution in [0.4, 0.5) is 0 Å². The molecule has 22 heavy (non-hydrogen) atoms. The van der Waals surface area contributed by atoms with E-state index in [0.717, 1.165) is 9.80 Å². The number of carbonyl (C=O) groups is 4. The highest BCUT2D eigenvalue weighted by Gasteiger charge is 2.27. The van der Waals surface area contributed by atoms with Crippen molar-refractivity contribution >= 4 is 23.6 Å². The monoisotopic (exact) mass is 306 g/mol. The van der Waals surface area contributed by atoms with Crippen LogP contribution in [0, 0.1) is 0 Å². The van der Waals surface area contributed by atoms with E-state index < -0.39 is 12.1 Å². The molecule has 8 heteroatoms. The molecule has 2 heterocycles. The number of carbonyl (C=O) groups excluding carboxylic acids is 4. The maximum atomic E-state index is 11.4. The van der Waals surface area contributed by atoms with Crippen molar-refractivity contribution in [2.24, 2.45) is 11.5 Å². The first-order valence-corrected chi connectivity index (χ1v) is 6.96. The third-order valence-electron chi connectivity index (χ3n) is 3.54. The van der Waals surface area contributed by atoms with Crippen molar-refractivity contribution in [1.29, 1.82) is 0 Å². The van der Waals surface area contributed by atoms with E-state index in [2.05, 4.69) is 0 Å². The summed E-state index contributed by atoms with van der Waals surface area (Å²) in [6, 6.07) is -0.802. The molecule has 4 amide bonds. The molecule has 2 aliphatic rings. The normalized spacial score (nSPS) is 20.5. The molecule has 0 fully saturated rings. The standard InChI is InChI=1S/C14H18N4O4/c15-9(7-17-11(19)3-4-12(17)20)1-2-10(16)8-18-13(21)5-6-14(18)22/h3-6,9-10H,1-2,7-8,15-16H2. The van der Waals surface area contributed by atoms with Crippen molar-refractivity contribution in [2.75, 3.05) is 13.1 Å². The first kappa shape index (κ1) is 16.1. The van der Waals surface area contributed by atoms with Crippen LogP contribution in [-0.2, 0) is 19.2 Å². The van der Waals surface area contributed by atoms with Crippen LogP contribution in [0.1, 0.15) is 12.8 Å². The zero-order chi connectivity index (χ0) is 16.3. The first-order valence-electron chi connectivity index (χ1n) is 6.96. The van der Waals surface area contributed by atoms with Crippen LogP contribution in [0.15, 0.2) is 24.3 Å². The van der Waals surface area contributed by atoms with Gasteiger partial charge < -0.3 is 11.5 Å². The molecule has 0 radical (unpaired) electrons. The predicted molar refractivity (Wildman–Crippen MR) is 76.9 cm³/mol. The average Bonchev–Trinajstić information content (AvgIpc) is 2.95. The molecule has 0 aromatic carbocycles. The number of hydrogen-bond acceptors (Lipinski definition) is 6. The summed E-state index contributed by atoms with van der Waals surface area (Å²) in [5.74, 6) is -1.48. The zero-order valence-electron chi connectivity index (χ0n) is 12.0. The van der Waals surface area contributed by atoms with Crippen molar-refractivity contribution in [1.82, 2.24) is 9.80 Å². The van der Waals surface area contributed by atoms with Gasteiger partial charge in [-0.25, -0.2) is 0 Å². The van der Waals surface area contributed by atoms with Gasteiger partial charge in [0.1, 0.15) is 0 Å². The molecule has 4 N–H and O–H groups in total. The van der Waals surface area contributed by atoms with Crippen molar-refractivity contribution in [3.05, 3.63) is 24.3 Å². The average molecular weight is 306 g/mol. The quantitative estimate of drug-likeness (QED) is 0.538. The SMILES string of the molecule is NC(CCC(N)CN1C(=O)C=CC1=O)CN1C(=O)C=CC1=O. The molecular formula is C14H18N4O4. The minimum absolute atomic E-state index is 0.126. The van der Waals surface area contributed by atoms with E-state index in [4.69, 9.17) is 11.5 Å². The van der Waals surface area contributed by atoms with Gasteiger partial charge in [-0.15, -0.1) is 0 Å². The molecule has 0 aromatic heterocycles. The fraction of sp³-hybridized carbons (Fsp3) is 0.429. The second kappa shape index (κ2) is 6.63. The van der Waals surface area contributed by atoms with Crippen molar-refractivity contribution < 1.29 is 19.2 Å². The Morgan fingerprint density at radius 3 is 1.23 bits per heavy atom. The Morgan fingerprint density at radius 2 is 0.955 bits per heavy atom. The third-order valence-corrected chi connectivity index (χ3v) is 3.54. The summed E-state index contributed by atoms with van der Waals surface area (Å²) >= 11 is 0. The van der Waals surface area contributed by atoms with Crippen molar-refractivity contribution in [3.8, 4) is 0 Å². The molecule has 0 aliphatic carbocycles. The summed E-state index contributed by atoms with van der Waals surface area (Å²) in [6.07, 6.45) is 5.78. The van der Waals surface area contributed by atoms with Crippen LogP contribution >= 0.6 is 0 Å². The number of hydrogen-bond donors (Lipinski definition) is 2. The summed E-state index contributed by atoms with van der Waals surface area (Å²) in [5.41, 5.74) is 11.8. The predicted octanol–water partition coefficient (Wildman–Crippen LogP) is -1.73. The second-order valence-corrected chi connectivity index (χ2v) is 5.34. The van der Waals surface area contributed by atoms with Crippen molar-refractivity contribution in [2.45, 2.75) is 24.9 Å². The summed E-state index contributed by atoms with van der Waals surface area (Å²) in [6.45, 7) is 0.251. The Bertz CT molecular complexity index is 483. The summed E-state index contributed by atoms with van der Waals surface area (Å²) in [4.78, 5) is 47.8. The highest BCUT2D eigenvalue weighted by atomic mass is 16.2. The Morgan fingerprint density at radius 1 is 0.682 bits per heavy atom. The Kier molecular flexibility index (Phi) is 4.84. The number of imide groups is 2. The highest BCUT2D eigenvalue weighted by molar-refractivity contribution is 6.13. The smallest absolute Gasteiger partial charge is 0.253 e. The Hall–Kier alpha value is -2.32. The number of rotatable bonds is 7. The maximum absolute atomic E-state index is 11.4. The van der Waals surface area contributed by atoms with Gasteiger partial charge in [0.05, 0.1) is 0 Å². The van der Waals surface area contributed by atoms with Gasteiger partial charge in [0.25, 0.3) is 23.6 Å². The lowest BCUT2D eigenvalue weighted by molar-refractivity contribution is -0.138. The molecule has 0 bridgehead atoms. The molecule has 0 saturated carbocycles. The van der Waals surface area contributed by atoms with Gasteiger partial charge in [0.15, 0.2) is 0 Å². The van der Waals surface area contributed by atoms with Gasteiger partial charge in [-0.1, -0.05) is 0 Å². The van der Waals surface area contributed by atoms with E-state index in [1.807, 2.05) is 0 Å². The Balaban J connectivity index is 1.73. The van der Waals surface area contributed by atoms with Gasteiger partial charge in [0.2, 0.25) is 0 Å². The van der Waals surface area contributed by atoms with E-state index in [1.54, 1.807) is 0 Å². The van der Waals surface area contributed by atoms with Gasteiger partial charge >= 0.3 is 0 Å². The summed E-state index contributed by atoms with van der Waals surface area (Å²) in [7, 11) is 0. The van der Waals surface area contributed by atoms with Crippen LogP contribution in [0.3, 0.4) is 0 Å². The van der Waals surface area contributed by atoms with Gasteiger partial charge in [-0.05, 0) is 12.8 Å². The van der Waals surface area contributed by atoms with Gasteiger partial charge in [-0.3, -0.25) is 29.0 Å². The minimum Gasteiger partial charge on any atom is -0.326 e. The third kappa shape index (κ3) is 3.66. The fourth-order valence-electron chi connectivity index (χ4n) is 2.30. The molecule has 8 nitrogen and oxygen atoms in total. The molecule has 2 unspecified atom stereocenters. The van der Waals surface area contributed by atoms with E-state index in [9.17, 15) is 19.2 Å². The van der Waals surface area contributed by atoms with Gasteiger partial charge in [0, 0.05) is 49.5 Å². The van der Waals surface area contributed by atoms with Crippen LogP contribution in [0.2, 0.25) is 0 Å². The largest absolute Gasteiger partial charge is 0.326 e. The van der Waals surface area contributed by atoms with Crippen LogP contribution in [-0.4, -0.2) is 58.6 Å². The van der Waals surface area contributed by atoms with Crippen LogP contribution < -0.4 is 11.5 Å². The van der Waals surface area contributed by atoms with Crippen LogP contribution in [0.5, 0.6) is 0 Å². The Labute approximate surface area is 127 Å². The van der Waals surface area contributed by atoms with E-state index >= 15 is 0 Å². The summed E-state index contributed by atoms with van der Waals surface area (Å²) < 4.78 is 0. The lowest BCUT2D eigenvalue weighted by Crippen LogP contribution is -2.44. The first-order chi connectivity index (χ1) is 10.4. The van der Waals surface area contributed by atoms with Crippen LogP contribution in [0.25, 0.3) is 0 Å². The molecule has 2 rings (SSSR count).